The highest BCUT2D eigenvalue weighted by atomic mass is 16.5. The Kier molecular flexibility index (Phi) is 6.05. The van der Waals surface area contributed by atoms with Crippen LogP contribution in [-0.2, 0) is 11.4 Å². The molecule has 0 spiro atoms. The van der Waals surface area contributed by atoms with Crippen LogP contribution >= 0.6 is 0 Å². The second-order valence-electron chi connectivity index (χ2n) is 8.80. The van der Waals surface area contributed by atoms with Crippen molar-refractivity contribution in [3.05, 3.63) is 150 Å². The van der Waals surface area contributed by atoms with Crippen LogP contribution in [0.2, 0.25) is 0 Å². The third-order valence-corrected chi connectivity index (χ3v) is 6.38. The number of ether oxygens (including phenoxy) is 1. The third kappa shape index (κ3) is 4.53. The largest absolute Gasteiger partial charge is 0.488 e. The lowest BCUT2D eigenvalue weighted by molar-refractivity contribution is -0.114. The van der Waals surface area contributed by atoms with Crippen LogP contribution in [0, 0.1) is 0 Å². The summed E-state index contributed by atoms with van der Waals surface area (Å²) in [4.78, 5) is 13.8. The first-order valence-corrected chi connectivity index (χ1v) is 12.2. The molecule has 0 unspecified atom stereocenters. The van der Waals surface area contributed by atoms with Crippen molar-refractivity contribution in [1.29, 1.82) is 0 Å². The maximum atomic E-state index is 13.8. The fourth-order valence-electron chi connectivity index (χ4n) is 4.53. The van der Waals surface area contributed by atoms with Gasteiger partial charge in [-0.2, -0.15) is 10.1 Å². The van der Waals surface area contributed by atoms with Crippen molar-refractivity contribution in [3.63, 3.8) is 0 Å². The van der Waals surface area contributed by atoms with E-state index in [0.717, 1.165) is 33.2 Å². The zero-order valence-electron chi connectivity index (χ0n) is 20.1. The molecule has 4 nitrogen and oxygen atoms in total. The summed E-state index contributed by atoms with van der Waals surface area (Å²) in [5, 5.41) is 8.34. The van der Waals surface area contributed by atoms with Gasteiger partial charge in [0.05, 0.1) is 11.3 Å². The van der Waals surface area contributed by atoms with E-state index in [0.29, 0.717) is 23.6 Å². The van der Waals surface area contributed by atoms with Gasteiger partial charge in [-0.15, -0.1) is 0 Å². The summed E-state index contributed by atoms with van der Waals surface area (Å²) in [6.07, 6.45) is 1.93. The number of benzene rings is 5. The minimum Gasteiger partial charge on any atom is -0.488 e. The summed E-state index contributed by atoms with van der Waals surface area (Å²) >= 11 is 0. The zero-order valence-corrected chi connectivity index (χ0v) is 20.1. The number of hydrogen-bond donors (Lipinski definition) is 0. The van der Waals surface area contributed by atoms with Gasteiger partial charge in [0.25, 0.3) is 5.91 Å². The molecule has 1 amide bonds. The van der Waals surface area contributed by atoms with Crippen LogP contribution in [0.1, 0.15) is 16.7 Å². The number of fused-ring (bicyclic) bond motifs is 1. The minimum absolute atomic E-state index is 0.174. The second-order valence-corrected chi connectivity index (χ2v) is 8.80. The Hall–Kier alpha value is -4.96. The second kappa shape index (κ2) is 9.96. The van der Waals surface area contributed by atoms with Crippen molar-refractivity contribution in [2.45, 2.75) is 6.61 Å². The number of rotatable bonds is 6. The van der Waals surface area contributed by atoms with Crippen LogP contribution in [0.3, 0.4) is 0 Å². The first-order chi connectivity index (χ1) is 18.3. The molecule has 5 aromatic carbocycles. The number of amides is 1. The number of hydrogen-bond acceptors (Lipinski definition) is 3. The van der Waals surface area contributed by atoms with E-state index in [1.807, 2.05) is 115 Å². The van der Waals surface area contributed by atoms with Gasteiger partial charge in [0.1, 0.15) is 18.1 Å². The monoisotopic (exact) mass is 480 g/mol. The minimum atomic E-state index is -0.174. The lowest BCUT2D eigenvalue weighted by Crippen LogP contribution is -2.21. The first kappa shape index (κ1) is 22.5. The summed E-state index contributed by atoms with van der Waals surface area (Å²) < 4.78 is 6.32. The van der Waals surface area contributed by atoms with Crippen LogP contribution in [0.15, 0.2) is 138 Å². The van der Waals surface area contributed by atoms with Crippen LogP contribution in [-0.4, -0.2) is 11.6 Å². The van der Waals surface area contributed by atoms with Crippen molar-refractivity contribution >= 4 is 34.2 Å². The van der Waals surface area contributed by atoms with E-state index in [9.17, 15) is 4.79 Å². The van der Waals surface area contributed by atoms with E-state index in [4.69, 9.17) is 9.84 Å². The van der Waals surface area contributed by atoms with E-state index in [1.165, 1.54) is 5.01 Å². The van der Waals surface area contributed by atoms with Crippen molar-refractivity contribution < 1.29 is 9.53 Å². The van der Waals surface area contributed by atoms with Crippen molar-refractivity contribution in [2.75, 3.05) is 5.01 Å². The van der Waals surface area contributed by atoms with Crippen molar-refractivity contribution in [3.8, 4) is 5.75 Å². The maximum absolute atomic E-state index is 13.8. The molecule has 178 valence electrons. The van der Waals surface area contributed by atoms with Crippen molar-refractivity contribution in [1.82, 2.24) is 0 Å². The molecular formula is C33H24N2O2. The van der Waals surface area contributed by atoms with E-state index < -0.39 is 0 Å². The quantitative estimate of drug-likeness (QED) is 0.240. The number of nitrogens with zero attached hydrogens (tertiary/aromatic N) is 2. The molecule has 0 N–H and O–H groups in total. The molecule has 1 aliphatic heterocycles. The summed E-state index contributed by atoms with van der Waals surface area (Å²) in [7, 11) is 0. The molecule has 0 aliphatic carbocycles. The van der Waals surface area contributed by atoms with Gasteiger partial charge in [-0.25, -0.2) is 0 Å². The molecule has 37 heavy (non-hydrogen) atoms. The Morgan fingerprint density at radius 2 is 1.35 bits per heavy atom. The first-order valence-electron chi connectivity index (χ1n) is 12.2. The van der Waals surface area contributed by atoms with Crippen LogP contribution < -0.4 is 9.75 Å². The molecule has 4 heteroatoms. The number of carbonyl (C=O) groups excluding carboxylic acids is 1. The van der Waals surface area contributed by atoms with E-state index in [1.54, 1.807) is 0 Å². The number of carbonyl (C=O) groups is 1. The fraction of sp³-hybridized carbons (Fsp3) is 0.0303. The topological polar surface area (TPSA) is 41.9 Å². The standard InChI is InChI=1S/C33H24N2O2/c36-33-30(32(26-15-6-2-7-16-26)34-35(33)27-17-8-3-9-18-27)22-29-28-19-11-10-14-25(28)20-21-31(29)37-23-24-12-4-1-5-13-24/h1-22H,23H2/b30-22-. The Morgan fingerprint density at radius 1 is 0.703 bits per heavy atom. The predicted octanol–water partition coefficient (Wildman–Crippen LogP) is 7.25. The Balaban J connectivity index is 1.49. The van der Waals surface area contributed by atoms with Crippen LogP contribution in [0.25, 0.3) is 16.8 Å². The maximum Gasteiger partial charge on any atom is 0.281 e. The molecule has 0 saturated heterocycles. The highest BCUT2D eigenvalue weighted by molar-refractivity contribution is 6.37. The molecule has 1 heterocycles. The van der Waals surface area contributed by atoms with Gasteiger partial charge in [0.15, 0.2) is 0 Å². The molecule has 0 bridgehead atoms. The Labute approximate surface area is 215 Å². The summed E-state index contributed by atoms with van der Waals surface area (Å²) in [5.74, 6) is 0.542. The molecule has 1 aliphatic rings. The average Bonchev–Trinajstić information content (AvgIpc) is 3.29. The van der Waals surface area contributed by atoms with Gasteiger partial charge >= 0.3 is 0 Å². The van der Waals surface area contributed by atoms with Gasteiger partial charge in [-0.05, 0) is 40.6 Å². The molecule has 0 fully saturated rings. The van der Waals surface area contributed by atoms with Crippen LogP contribution in [0.4, 0.5) is 5.69 Å². The molecule has 5 aromatic rings. The van der Waals surface area contributed by atoms with Crippen LogP contribution in [0.5, 0.6) is 5.75 Å². The van der Waals surface area contributed by atoms with Crippen molar-refractivity contribution in [2.24, 2.45) is 5.10 Å². The van der Waals surface area contributed by atoms with Gasteiger partial charge in [0.2, 0.25) is 0 Å². The average molecular weight is 481 g/mol. The molecule has 6 rings (SSSR count). The summed E-state index contributed by atoms with van der Waals surface area (Å²) in [6, 6.07) is 41.6. The fourth-order valence-corrected chi connectivity index (χ4v) is 4.53. The normalized spacial score (nSPS) is 14.3. The summed E-state index contributed by atoms with van der Waals surface area (Å²) in [6.45, 7) is 0.430. The lowest BCUT2D eigenvalue weighted by atomic mass is 9.97. The predicted molar refractivity (Wildman–Crippen MR) is 150 cm³/mol. The molecule has 0 radical (unpaired) electrons. The molecular weight excluding hydrogens is 456 g/mol. The zero-order chi connectivity index (χ0) is 25.0. The highest BCUT2D eigenvalue weighted by Crippen LogP contribution is 2.34. The Morgan fingerprint density at radius 3 is 2.11 bits per heavy atom. The van der Waals surface area contributed by atoms with Gasteiger partial charge in [0, 0.05) is 11.1 Å². The van der Waals surface area contributed by atoms with Gasteiger partial charge in [-0.3, -0.25) is 4.79 Å². The van der Waals surface area contributed by atoms with Gasteiger partial charge < -0.3 is 4.74 Å². The summed E-state index contributed by atoms with van der Waals surface area (Å²) in [5.41, 5.74) is 4.70. The van der Waals surface area contributed by atoms with E-state index in [-0.39, 0.29) is 5.91 Å². The lowest BCUT2D eigenvalue weighted by Gasteiger charge is -2.14. The molecule has 0 aromatic heterocycles. The highest BCUT2D eigenvalue weighted by Gasteiger charge is 2.32. The number of anilines is 1. The third-order valence-electron chi connectivity index (χ3n) is 6.38. The number of para-hydroxylation sites is 1. The Bertz CT molecular complexity index is 1630. The smallest absolute Gasteiger partial charge is 0.281 e. The SMILES string of the molecule is O=C1/C(=C\c2c(OCc3ccccc3)ccc3ccccc23)C(c2ccccc2)=NN1c1ccccc1. The molecule has 0 atom stereocenters. The molecule has 0 saturated carbocycles. The van der Waals surface area contributed by atoms with Gasteiger partial charge in [-0.1, -0.05) is 109 Å². The van der Waals surface area contributed by atoms with E-state index >= 15 is 0 Å². The number of hydrazone groups is 1. The van der Waals surface area contributed by atoms with E-state index in [2.05, 4.69) is 18.2 Å².